The zero-order chi connectivity index (χ0) is 14.5. The van der Waals surface area contributed by atoms with Gasteiger partial charge in [-0.1, -0.05) is 0 Å². The van der Waals surface area contributed by atoms with E-state index in [2.05, 4.69) is 10.1 Å². The third-order valence-corrected chi connectivity index (χ3v) is 2.49. The average Bonchev–Trinajstić information content (AvgIpc) is 2.82. The summed E-state index contributed by atoms with van der Waals surface area (Å²) >= 11 is 0. The summed E-state index contributed by atoms with van der Waals surface area (Å²) in [7, 11) is 0. The fourth-order valence-electron chi connectivity index (χ4n) is 1.66. The molecule has 7 nitrogen and oxygen atoms in total. The zero-order valence-corrected chi connectivity index (χ0v) is 11.4. The van der Waals surface area contributed by atoms with E-state index in [0.717, 1.165) is 0 Å². The highest BCUT2D eigenvalue weighted by Crippen LogP contribution is 2.18. The van der Waals surface area contributed by atoms with E-state index < -0.39 is 5.97 Å². The summed E-state index contributed by atoms with van der Waals surface area (Å²) in [6.45, 7) is 4.42. The van der Waals surface area contributed by atoms with Crippen LogP contribution in [-0.4, -0.2) is 33.9 Å². The number of nitrogen functional groups attached to an aromatic ring is 1. The molecule has 0 amide bonds. The summed E-state index contributed by atoms with van der Waals surface area (Å²) in [6.07, 6.45) is 4.75. The van der Waals surface area contributed by atoms with Gasteiger partial charge in [-0.2, -0.15) is 5.10 Å². The second-order valence-corrected chi connectivity index (χ2v) is 3.91. The van der Waals surface area contributed by atoms with E-state index in [1.54, 1.807) is 31.6 Å². The molecule has 0 aromatic carbocycles. The summed E-state index contributed by atoms with van der Waals surface area (Å²) in [4.78, 5) is 15.7. The Morgan fingerprint density at radius 3 is 2.85 bits per heavy atom. The van der Waals surface area contributed by atoms with E-state index in [9.17, 15) is 4.79 Å². The van der Waals surface area contributed by atoms with Crippen LogP contribution in [0, 0.1) is 0 Å². The first-order valence-electron chi connectivity index (χ1n) is 6.26. The van der Waals surface area contributed by atoms with Gasteiger partial charge in [-0.25, -0.2) is 9.48 Å². The van der Waals surface area contributed by atoms with Gasteiger partial charge >= 0.3 is 5.97 Å². The molecule has 0 spiro atoms. The van der Waals surface area contributed by atoms with E-state index >= 15 is 0 Å². The van der Waals surface area contributed by atoms with Crippen molar-refractivity contribution in [2.75, 3.05) is 18.9 Å². The zero-order valence-electron chi connectivity index (χ0n) is 11.4. The molecule has 0 atom stereocenters. The molecular formula is C13H16N4O3. The summed E-state index contributed by atoms with van der Waals surface area (Å²) in [6, 6.07) is 1.76. The Bertz CT molecular complexity index is 609. The van der Waals surface area contributed by atoms with E-state index in [-0.39, 0.29) is 18.0 Å². The lowest BCUT2D eigenvalue weighted by Crippen LogP contribution is -2.08. The van der Waals surface area contributed by atoms with Crippen molar-refractivity contribution in [3.63, 3.8) is 0 Å². The van der Waals surface area contributed by atoms with Gasteiger partial charge in [0.25, 0.3) is 0 Å². The van der Waals surface area contributed by atoms with Gasteiger partial charge in [-0.3, -0.25) is 4.98 Å². The SMILES string of the molecule is CCOC(=O)c1nn(-c2cncc(OCC)c2)cc1N. The standard InChI is InChI=1S/C13H16N4O3/c1-3-19-10-5-9(6-15-7-10)17-8-11(14)12(16-17)13(18)20-4-2/h5-8H,3-4,14H2,1-2H3. The Morgan fingerprint density at radius 2 is 2.15 bits per heavy atom. The lowest BCUT2D eigenvalue weighted by Gasteiger charge is -2.05. The molecule has 0 aliphatic heterocycles. The van der Waals surface area contributed by atoms with Crippen LogP contribution in [0.3, 0.4) is 0 Å². The normalized spacial score (nSPS) is 10.3. The van der Waals surface area contributed by atoms with E-state index in [4.69, 9.17) is 15.2 Å². The molecule has 0 radical (unpaired) electrons. The quantitative estimate of drug-likeness (QED) is 0.830. The fourth-order valence-corrected chi connectivity index (χ4v) is 1.66. The average molecular weight is 276 g/mol. The van der Waals surface area contributed by atoms with Gasteiger partial charge in [0.2, 0.25) is 0 Å². The van der Waals surface area contributed by atoms with Crippen LogP contribution in [0.2, 0.25) is 0 Å². The largest absolute Gasteiger partial charge is 0.492 e. The molecule has 2 N–H and O–H groups in total. The topological polar surface area (TPSA) is 92.3 Å². The van der Waals surface area contributed by atoms with Gasteiger partial charge in [0.05, 0.1) is 43.2 Å². The molecule has 0 aliphatic carbocycles. The molecule has 2 rings (SSSR count). The Hall–Kier alpha value is -2.57. The molecule has 0 aliphatic rings. The van der Waals surface area contributed by atoms with E-state index in [1.807, 2.05) is 6.92 Å². The number of nitrogens with zero attached hydrogens (tertiary/aromatic N) is 3. The van der Waals surface area contributed by atoms with Crippen molar-refractivity contribution < 1.29 is 14.3 Å². The summed E-state index contributed by atoms with van der Waals surface area (Å²) in [5.41, 5.74) is 6.77. The van der Waals surface area contributed by atoms with Crippen LogP contribution in [-0.2, 0) is 4.74 Å². The molecule has 0 bridgehead atoms. The Kier molecular flexibility index (Phi) is 4.19. The van der Waals surface area contributed by atoms with Crippen molar-refractivity contribution in [2.24, 2.45) is 0 Å². The van der Waals surface area contributed by atoms with Crippen molar-refractivity contribution in [3.8, 4) is 11.4 Å². The third kappa shape index (κ3) is 2.87. The highest BCUT2D eigenvalue weighted by Gasteiger charge is 2.16. The van der Waals surface area contributed by atoms with Crippen molar-refractivity contribution in [2.45, 2.75) is 13.8 Å². The van der Waals surface area contributed by atoms with Crippen LogP contribution >= 0.6 is 0 Å². The number of carbonyl (C=O) groups excluding carboxylic acids is 1. The van der Waals surface area contributed by atoms with Gasteiger partial charge in [-0.05, 0) is 13.8 Å². The Labute approximate surface area is 116 Å². The predicted octanol–water partition coefficient (Wildman–Crippen LogP) is 1.42. The van der Waals surface area contributed by atoms with Crippen LogP contribution in [0.25, 0.3) is 5.69 Å². The summed E-state index contributed by atoms with van der Waals surface area (Å²) < 4.78 is 11.7. The molecule has 2 aromatic rings. The minimum absolute atomic E-state index is 0.0914. The maximum absolute atomic E-state index is 11.7. The van der Waals surface area contributed by atoms with Crippen LogP contribution < -0.4 is 10.5 Å². The first-order chi connectivity index (χ1) is 9.65. The van der Waals surface area contributed by atoms with Gasteiger partial charge in [0.15, 0.2) is 5.69 Å². The Balaban J connectivity index is 2.31. The smallest absolute Gasteiger partial charge is 0.361 e. The van der Waals surface area contributed by atoms with Gasteiger partial charge in [-0.15, -0.1) is 0 Å². The summed E-state index contributed by atoms with van der Waals surface area (Å²) in [5.74, 6) is 0.0782. The molecule has 0 fully saturated rings. The Morgan fingerprint density at radius 1 is 1.35 bits per heavy atom. The van der Waals surface area contributed by atoms with Gasteiger partial charge < -0.3 is 15.2 Å². The fraction of sp³-hybridized carbons (Fsp3) is 0.308. The molecule has 20 heavy (non-hydrogen) atoms. The molecule has 106 valence electrons. The second-order valence-electron chi connectivity index (χ2n) is 3.91. The predicted molar refractivity (Wildman–Crippen MR) is 72.9 cm³/mol. The summed E-state index contributed by atoms with van der Waals surface area (Å²) in [5, 5.41) is 4.12. The maximum atomic E-state index is 11.7. The minimum atomic E-state index is -0.544. The van der Waals surface area contributed by atoms with Crippen LogP contribution in [0.15, 0.2) is 24.7 Å². The first kappa shape index (κ1) is 13.9. The number of hydrogen-bond acceptors (Lipinski definition) is 6. The van der Waals surface area contributed by atoms with Gasteiger partial charge in [0.1, 0.15) is 5.75 Å². The second kappa shape index (κ2) is 6.05. The number of nitrogens with two attached hydrogens (primary N) is 1. The van der Waals surface area contributed by atoms with Crippen molar-refractivity contribution in [1.82, 2.24) is 14.8 Å². The van der Waals surface area contributed by atoms with Crippen molar-refractivity contribution in [3.05, 3.63) is 30.4 Å². The van der Waals surface area contributed by atoms with E-state index in [0.29, 0.717) is 18.0 Å². The number of esters is 1. The van der Waals surface area contributed by atoms with Crippen LogP contribution in [0.4, 0.5) is 5.69 Å². The van der Waals surface area contributed by atoms with Crippen LogP contribution in [0.1, 0.15) is 24.3 Å². The monoisotopic (exact) mass is 276 g/mol. The third-order valence-electron chi connectivity index (χ3n) is 2.49. The number of aromatic nitrogens is 3. The lowest BCUT2D eigenvalue weighted by molar-refractivity contribution is 0.0520. The molecule has 0 saturated carbocycles. The van der Waals surface area contributed by atoms with Crippen molar-refractivity contribution >= 4 is 11.7 Å². The van der Waals surface area contributed by atoms with Crippen LogP contribution in [0.5, 0.6) is 5.75 Å². The highest BCUT2D eigenvalue weighted by molar-refractivity contribution is 5.92. The van der Waals surface area contributed by atoms with Crippen molar-refractivity contribution in [1.29, 1.82) is 0 Å². The first-order valence-corrected chi connectivity index (χ1v) is 6.26. The molecule has 2 heterocycles. The number of ether oxygens (including phenoxy) is 2. The molecule has 0 unspecified atom stereocenters. The number of rotatable bonds is 5. The van der Waals surface area contributed by atoms with E-state index in [1.165, 1.54) is 4.68 Å². The lowest BCUT2D eigenvalue weighted by atomic mass is 10.4. The van der Waals surface area contributed by atoms with Gasteiger partial charge in [0, 0.05) is 6.07 Å². The maximum Gasteiger partial charge on any atom is 0.361 e. The molecule has 2 aromatic heterocycles. The number of anilines is 1. The molecule has 0 saturated heterocycles. The molecule has 7 heteroatoms. The number of carbonyl (C=O) groups is 1. The number of pyridine rings is 1. The number of hydrogen-bond donors (Lipinski definition) is 1. The molecular weight excluding hydrogens is 260 g/mol. The minimum Gasteiger partial charge on any atom is -0.492 e. The highest BCUT2D eigenvalue weighted by atomic mass is 16.5.